The minimum Gasteiger partial charge on any atom is -0.379 e. The molecule has 1 saturated heterocycles. The van der Waals surface area contributed by atoms with Gasteiger partial charge in [0.2, 0.25) is 0 Å². The van der Waals surface area contributed by atoms with Crippen molar-refractivity contribution in [3.05, 3.63) is 45.8 Å². The molecule has 0 spiro atoms. The van der Waals surface area contributed by atoms with Crippen LogP contribution in [0.4, 0.5) is 5.69 Å². The van der Waals surface area contributed by atoms with E-state index in [1.165, 1.54) is 16.8 Å². The number of ether oxygens (including phenoxy) is 1. The number of carbonyl (C=O) groups is 1. The van der Waals surface area contributed by atoms with Crippen LogP contribution in [0.25, 0.3) is 5.69 Å². The molecule has 0 aliphatic carbocycles. The highest BCUT2D eigenvalue weighted by Gasteiger charge is 2.24. The van der Waals surface area contributed by atoms with Crippen LogP contribution in [0.15, 0.2) is 24.3 Å². The maximum absolute atomic E-state index is 13.4. The summed E-state index contributed by atoms with van der Waals surface area (Å²) in [4.78, 5) is 28.2. The summed E-state index contributed by atoms with van der Waals surface area (Å²) in [5, 5.41) is 19.4. The van der Waals surface area contributed by atoms with Crippen LogP contribution in [0.1, 0.15) is 48.8 Å². The summed E-state index contributed by atoms with van der Waals surface area (Å²) in [6, 6.07) is 6.16. The molecule has 0 bridgehead atoms. The first-order valence-electron chi connectivity index (χ1n) is 11.3. The summed E-state index contributed by atoms with van der Waals surface area (Å²) < 4.78 is 6.90. The minimum absolute atomic E-state index is 0.0339. The summed E-state index contributed by atoms with van der Waals surface area (Å²) in [6.45, 7) is 9.21. The Hall–Kier alpha value is -2.85. The van der Waals surface area contributed by atoms with Crippen molar-refractivity contribution in [2.45, 2.75) is 39.5 Å². The Kier molecular flexibility index (Phi) is 8.69. The number of non-ortho nitro benzene ring substituents is 1. The average Bonchev–Trinajstić information content (AvgIpc) is 3.20. The van der Waals surface area contributed by atoms with Crippen LogP contribution in [0, 0.1) is 17.0 Å². The van der Waals surface area contributed by atoms with E-state index < -0.39 is 4.92 Å². The van der Waals surface area contributed by atoms with E-state index in [4.69, 9.17) is 4.74 Å². The van der Waals surface area contributed by atoms with Crippen LogP contribution >= 0.6 is 0 Å². The van der Waals surface area contributed by atoms with E-state index in [9.17, 15) is 14.9 Å². The second-order valence-electron chi connectivity index (χ2n) is 8.02. The van der Waals surface area contributed by atoms with Gasteiger partial charge in [-0.15, -0.1) is 5.10 Å². The Morgan fingerprint density at radius 1 is 1.22 bits per heavy atom. The molecule has 2 heterocycles. The Morgan fingerprint density at radius 3 is 2.72 bits per heavy atom. The number of nitro benzene ring substituents is 1. The molecular formula is C22H32N6O4. The van der Waals surface area contributed by atoms with E-state index in [0.717, 1.165) is 58.5 Å². The smallest absolute Gasteiger partial charge is 0.276 e. The average molecular weight is 445 g/mol. The number of unbranched alkanes of at least 4 members (excludes halogenated alkanes) is 3. The van der Waals surface area contributed by atoms with Gasteiger partial charge in [0, 0.05) is 44.9 Å². The topological polar surface area (TPSA) is 107 Å². The zero-order valence-corrected chi connectivity index (χ0v) is 18.9. The monoisotopic (exact) mass is 444 g/mol. The number of hydrogen-bond acceptors (Lipinski definition) is 7. The van der Waals surface area contributed by atoms with E-state index in [0.29, 0.717) is 24.5 Å². The largest absolute Gasteiger partial charge is 0.379 e. The first kappa shape index (κ1) is 23.8. The van der Waals surface area contributed by atoms with Crippen LogP contribution < -0.4 is 0 Å². The highest BCUT2D eigenvalue weighted by Crippen LogP contribution is 2.19. The molecule has 32 heavy (non-hydrogen) atoms. The number of nitro groups is 1. The number of aromatic nitrogens is 3. The normalized spacial score (nSPS) is 14.4. The number of morpholine rings is 1. The van der Waals surface area contributed by atoms with Crippen molar-refractivity contribution in [3.8, 4) is 5.69 Å². The van der Waals surface area contributed by atoms with E-state index in [2.05, 4.69) is 22.1 Å². The molecule has 1 aliphatic rings. The zero-order valence-electron chi connectivity index (χ0n) is 18.9. The van der Waals surface area contributed by atoms with Gasteiger partial charge < -0.3 is 9.64 Å². The van der Waals surface area contributed by atoms with Gasteiger partial charge >= 0.3 is 0 Å². The predicted octanol–water partition coefficient (Wildman–Crippen LogP) is 2.84. The molecule has 1 aromatic carbocycles. The summed E-state index contributed by atoms with van der Waals surface area (Å²) in [5.74, 6) is -0.149. The second-order valence-corrected chi connectivity index (χ2v) is 8.02. The van der Waals surface area contributed by atoms with Gasteiger partial charge in [-0.2, -0.15) is 0 Å². The number of benzene rings is 1. The zero-order chi connectivity index (χ0) is 22.9. The van der Waals surface area contributed by atoms with Crippen LogP contribution in [-0.4, -0.2) is 81.6 Å². The third-order valence-corrected chi connectivity index (χ3v) is 5.74. The minimum atomic E-state index is -0.453. The molecular weight excluding hydrogens is 412 g/mol. The van der Waals surface area contributed by atoms with Gasteiger partial charge in [0.25, 0.3) is 11.6 Å². The van der Waals surface area contributed by atoms with Crippen molar-refractivity contribution in [2.24, 2.45) is 0 Å². The summed E-state index contributed by atoms with van der Waals surface area (Å²) in [5.41, 5.74) is 1.33. The fraction of sp³-hybridized carbons (Fsp3) is 0.591. The summed E-state index contributed by atoms with van der Waals surface area (Å²) in [7, 11) is 0. The van der Waals surface area contributed by atoms with Crippen molar-refractivity contribution in [1.29, 1.82) is 0 Å². The maximum atomic E-state index is 13.4. The Labute approximate surface area is 188 Å². The maximum Gasteiger partial charge on any atom is 0.276 e. The van der Waals surface area contributed by atoms with E-state index in [1.54, 1.807) is 19.1 Å². The van der Waals surface area contributed by atoms with E-state index in [1.807, 2.05) is 4.90 Å². The van der Waals surface area contributed by atoms with Crippen molar-refractivity contribution in [2.75, 3.05) is 45.9 Å². The van der Waals surface area contributed by atoms with Gasteiger partial charge in [-0.25, -0.2) is 4.68 Å². The van der Waals surface area contributed by atoms with Crippen molar-refractivity contribution >= 4 is 11.6 Å². The first-order chi connectivity index (χ1) is 15.5. The lowest BCUT2D eigenvalue weighted by atomic mass is 10.2. The number of carbonyl (C=O) groups excluding carboxylic acids is 1. The number of hydrogen-bond donors (Lipinski definition) is 0. The van der Waals surface area contributed by atoms with Crippen molar-refractivity contribution < 1.29 is 14.5 Å². The fourth-order valence-electron chi connectivity index (χ4n) is 3.79. The number of amides is 1. The highest BCUT2D eigenvalue weighted by atomic mass is 16.6. The lowest BCUT2D eigenvalue weighted by Gasteiger charge is -2.30. The molecule has 1 aromatic heterocycles. The molecule has 0 unspecified atom stereocenters. The quantitative estimate of drug-likeness (QED) is 0.298. The Morgan fingerprint density at radius 2 is 2.00 bits per heavy atom. The molecule has 3 rings (SSSR count). The van der Waals surface area contributed by atoms with Crippen molar-refractivity contribution in [1.82, 2.24) is 24.8 Å². The van der Waals surface area contributed by atoms with Gasteiger partial charge in [-0.3, -0.25) is 19.8 Å². The standard InChI is InChI=1S/C22H32N6O4/c1-3-4-5-6-10-26(12-11-25-13-15-32-16-14-25)22(29)21-18(2)27(24-23-21)19-8-7-9-20(17-19)28(30)31/h7-9,17H,3-6,10-16H2,1-2H3. The third kappa shape index (κ3) is 6.10. The van der Waals surface area contributed by atoms with Gasteiger partial charge in [0.1, 0.15) is 0 Å². The third-order valence-electron chi connectivity index (χ3n) is 5.74. The lowest BCUT2D eigenvalue weighted by molar-refractivity contribution is -0.384. The molecule has 1 amide bonds. The molecule has 1 fully saturated rings. The highest BCUT2D eigenvalue weighted by molar-refractivity contribution is 5.93. The fourth-order valence-corrected chi connectivity index (χ4v) is 3.79. The molecule has 174 valence electrons. The SMILES string of the molecule is CCCCCCN(CCN1CCOCC1)C(=O)c1nnn(-c2cccc([N+](=O)[O-])c2)c1C. The van der Waals surface area contributed by atoms with Crippen LogP contribution in [0.5, 0.6) is 0 Å². The van der Waals surface area contributed by atoms with Crippen LogP contribution in [-0.2, 0) is 4.74 Å². The van der Waals surface area contributed by atoms with Gasteiger partial charge in [0.05, 0.1) is 29.5 Å². The predicted molar refractivity (Wildman–Crippen MR) is 120 cm³/mol. The van der Waals surface area contributed by atoms with E-state index in [-0.39, 0.29) is 17.3 Å². The molecule has 10 heteroatoms. The molecule has 10 nitrogen and oxygen atoms in total. The van der Waals surface area contributed by atoms with E-state index >= 15 is 0 Å². The number of rotatable bonds is 11. The van der Waals surface area contributed by atoms with Crippen LogP contribution in [0.2, 0.25) is 0 Å². The Balaban J connectivity index is 1.75. The molecule has 1 aliphatic heterocycles. The lowest BCUT2D eigenvalue weighted by Crippen LogP contribution is -2.43. The first-order valence-corrected chi connectivity index (χ1v) is 11.3. The molecule has 0 radical (unpaired) electrons. The molecule has 0 saturated carbocycles. The summed E-state index contributed by atoms with van der Waals surface area (Å²) >= 11 is 0. The molecule has 0 N–H and O–H groups in total. The Bertz CT molecular complexity index is 910. The number of nitrogens with zero attached hydrogens (tertiary/aromatic N) is 6. The van der Waals surface area contributed by atoms with Gasteiger partial charge in [-0.1, -0.05) is 37.5 Å². The van der Waals surface area contributed by atoms with Crippen molar-refractivity contribution in [3.63, 3.8) is 0 Å². The second kappa shape index (κ2) is 11.7. The van der Waals surface area contributed by atoms with Gasteiger partial charge in [-0.05, 0) is 19.4 Å². The summed E-state index contributed by atoms with van der Waals surface area (Å²) in [6.07, 6.45) is 4.31. The molecule has 2 aromatic rings. The van der Waals surface area contributed by atoms with Gasteiger partial charge in [0.15, 0.2) is 5.69 Å². The molecule has 0 atom stereocenters. The van der Waals surface area contributed by atoms with Crippen LogP contribution in [0.3, 0.4) is 0 Å².